The van der Waals surface area contributed by atoms with Gasteiger partial charge in [-0.25, -0.2) is 0 Å². The van der Waals surface area contributed by atoms with Gasteiger partial charge in [-0.1, -0.05) is 0 Å². The van der Waals surface area contributed by atoms with Crippen molar-refractivity contribution in [2.45, 2.75) is 36.1 Å². The molecule has 1 radical (unpaired) electrons. The maximum absolute atomic E-state index is 2.34. The molecule has 0 fully saturated rings. The number of hydrogen-bond donors (Lipinski definition) is 0. The van der Waals surface area contributed by atoms with Gasteiger partial charge >= 0.3 is 63.0 Å². The fourth-order valence-corrected chi connectivity index (χ4v) is 2.58. The molecule has 0 aromatic carbocycles. The van der Waals surface area contributed by atoms with Crippen molar-refractivity contribution < 1.29 is 0 Å². The molecular formula is C7H16Te+. The first-order chi connectivity index (χ1) is 3.63. The molecule has 0 atom stereocenters. The van der Waals surface area contributed by atoms with E-state index in [-0.39, 0.29) is 0 Å². The van der Waals surface area contributed by atoms with Gasteiger partial charge in [-0.15, -0.1) is 0 Å². The van der Waals surface area contributed by atoms with Crippen molar-refractivity contribution in [3.05, 3.63) is 0 Å². The third-order valence-corrected chi connectivity index (χ3v) is 5.12. The van der Waals surface area contributed by atoms with Crippen LogP contribution in [0.5, 0.6) is 0 Å². The second-order valence-corrected chi connectivity index (χ2v) is 7.37. The Morgan fingerprint density at radius 2 is 1.62 bits per heavy atom. The van der Waals surface area contributed by atoms with Crippen molar-refractivity contribution in [2.75, 3.05) is 0 Å². The van der Waals surface area contributed by atoms with Gasteiger partial charge in [0.2, 0.25) is 0 Å². The third kappa shape index (κ3) is 6.79. The molecule has 0 amide bonds. The fraction of sp³-hybridized carbons (Fsp3) is 1.00. The average Bonchev–Trinajstić information content (AvgIpc) is 1.61. The first-order valence-electron chi connectivity index (χ1n) is 3.24. The molecule has 0 saturated carbocycles. The monoisotopic (exact) mass is 230 g/mol. The Bertz CT molecular complexity index is 40.3. The first kappa shape index (κ1) is 8.79. The van der Waals surface area contributed by atoms with Crippen molar-refractivity contribution in [1.82, 2.24) is 0 Å². The van der Waals surface area contributed by atoms with Gasteiger partial charge in [0, 0.05) is 0 Å². The molecule has 0 bridgehead atoms. The quantitative estimate of drug-likeness (QED) is 0.651. The summed E-state index contributed by atoms with van der Waals surface area (Å²) in [6.45, 7) is 9.30. The summed E-state index contributed by atoms with van der Waals surface area (Å²) in [5, 5.41) is 0. The number of rotatable bonds is 3. The SMILES string of the molecule is CC(C)C[Te+]C(C)C. The zero-order valence-corrected chi connectivity index (χ0v) is 8.60. The second-order valence-electron chi connectivity index (χ2n) is 2.78. The van der Waals surface area contributed by atoms with E-state index in [2.05, 4.69) is 27.7 Å². The Hall–Kier alpha value is 0.790. The molecule has 0 aromatic rings. The molecule has 0 heterocycles. The molecule has 0 nitrogen and oxygen atoms in total. The van der Waals surface area contributed by atoms with Gasteiger partial charge in [0.25, 0.3) is 0 Å². The summed E-state index contributed by atoms with van der Waals surface area (Å²) in [6.07, 6.45) is 0. The van der Waals surface area contributed by atoms with Crippen LogP contribution in [0, 0.1) is 5.92 Å². The molecule has 8 heavy (non-hydrogen) atoms. The van der Waals surface area contributed by atoms with Gasteiger partial charge < -0.3 is 0 Å². The van der Waals surface area contributed by atoms with E-state index in [0.29, 0.717) is 20.9 Å². The van der Waals surface area contributed by atoms with E-state index >= 15 is 0 Å². The first-order valence-corrected chi connectivity index (χ1v) is 6.24. The summed E-state index contributed by atoms with van der Waals surface area (Å²) >= 11 is 0.368. The zero-order chi connectivity index (χ0) is 6.57. The molecular weight excluding hydrogens is 212 g/mol. The summed E-state index contributed by atoms with van der Waals surface area (Å²) in [4.78, 5) is 0. The molecule has 0 rings (SSSR count). The normalized spacial score (nSPS) is 11.2. The molecule has 0 unspecified atom stereocenters. The van der Waals surface area contributed by atoms with Gasteiger partial charge in [-0.2, -0.15) is 0 Å². The van der Waals surface area contributed by atoms with E-state index in [9.17, 15) is 0 Å². The van der Waals surface area contributed by atoms with Crippen LogP contribution in [0.15, 0.2) is 0 Å². The Kier molecular flexibility index (Phi) is 5.11. The van der Waals surface area contributed by atoms with Gasteiger partial charge in [0.15, 0.2) is 0 Å². The van der Waals surface area contributed by atoms with Gasteiger partial charge in [-0.3, -0.25) is 0 Å². The Morgan fingerprint density at radius 3 is 1.75 bits per heavy atom. The summed E-state index contributed by atoms with van der Waals surface area (Å²) in [7, 11) is 0. The Labute approximate surface area is 63.1 Å². The van der Waals surface area contributed by atoms with Gasteiger partial charge in [0.1, 0.15) is 0 Å². The summed E-state index contributed by atoms with van der Waals surface area (Å²) in [5.41, 5.74) is 0. The molecule has 0 saturated heterocycles. The maximum atomic E-state index is 2.34. The molecule has 0 aliphatic carbocycles. The average molecular weight is 228 g/mol. The van der Waals surface area contributed by atoms with Gasteiger partial charge in [0.05, 0.1) is 0 Å². The summed E-state index contributed by atoms with van der Waals surface area (Å²) in [6, 6.07) is 0. The molecule has 1 heteroatoms. The minimum absolute atomic E-state index is 0.368. The topological polar surface area (TPSA) is 0 Å². The van der Waals surface area contributed by atoms with Crippen molar-refractivity contribution >= 4 is 20.9 Å². The molecule has 0 aromatic heterocycles. The third-order valence-electron chi connectivity index (χ3n) is 0.763. The Morgan fingerprint density at radius 1 is 1.12 bits per heavy atom. The van der Waals surface area contributed by atoms with E-state index in [1.54, 1.807) is 0 Å². The van der Waals surface area contributed by atoms with Crippen LogP contribution < -0.4 is 0 Å². The Balaban J connectivity index is 2.93. The van der Waals surface area contributed by atoms with Crippen LogP contribution in [0.25, 0.3) is 0 Å². The van der Waals surface area contributed by atoms with Crippen LogP contribution in [0.4, 0.5) is 0 Å². The van der Waals surface area contributed by atoms with E-state index in [1.165, 1.54) is 4.47 Å². The van der Waals surface area contributed by atoms with Crippen LogP contribution in [-0.2, 0) is 0 Å². The van der Waals surface area contributed by atoms with Crippen LogP contribution in [0.1, 0.15) is 27.7 Å². The van der Waals surface area contributed by atoms with E-state index in [0.717, 1.165) is 9.88 Å². The van der Waals surface area contributed by atoms with Crippen LogP contribution in [-0.4, -0.2) is 20.9 Å². The predicted octanol–water partition coefficient (Wildman–Crippen LogP) is 2.59. The van der Waals surface area contributed by atoms with Crippen LogP contribution >= 0.6 is 0 Å². The molecule has 0 aliphatic rings. The predicted molar refractivity (Wildman–Crippen MR) is 40.5 cm³/mol. The van der Waals surface area contributed by atoms with Crippen LogP contribution in [0.3, 0.4) is 0 Å². The van der Waals surface area contributed by atoms with Crippen molar-refractivity contribution in [1.29, 1.82) is 0 Å². The summed E-state index contributed by atoms with van der Waals surface area (Å²) < 4.78 is 2.53. The van der Waals surface area contributed by atoms with Crippen molar-refractivity contribution in [2.24, 2.45) is 5.92 Å². The van der Waals surface area contributed by atoms with Crippen molar-refractivity contribution in [3.8, 4) is 0 Å². The zero-order valence-electron chi connectivity index (χ0n) is 6.27. The van der Waals surface area contributed by atoms with Crippen molar-refractivity contribution in [3.63, 3.8) is 0 Å². The van der Waals surface area contributed by atoms with E-state index in [4.69, 9.17) is 0 Å². The fourth-order valence-electron chi connectivity index (χ4n) is 0.385. The van der Waals surface area contributed by atoms with Crippen LogP contribution in [0.2, 0.25) is 8.43 Å². The molecule has 0 aliphatic heterocycles. The number of hydrogen-bond acceptors (Lipinski definition) is 0. The standard InChI is InChI=1S/C7H16Te/c1-6(2)5-8-7(3)4/h6-7H,5H2,1-4H3/q+1. The van der Waals surface area contributed by atoms with Gasteiger partial charge in [-0.05, 0) is 0 Å². The summed E-state index contributed by atoms with van der Waals surface area (Å²) in [5.74, 6) is 0.944. The minimum atomic E-state index is 0.368. The molecule has 49 valence electrons. The second kappa shape index (κ2) is 4.65. The van der Waals surface area contributed by atoms with E-state index in [1.807, 2.05) is 0 Å². The molecule has 0 N–H and O–H groups in total. The molecule has 0 spiro atoms. The van der Waals surface area contributed by atoms with E-state index < -0.39 is 0 Å².